The van der Waals surface area contributed by atoms with E-state index in [0.29, 0.717) is 5.92 Å². The third kappa shape index (κ3) is 2.34. The monoisotopic (exact) mass is 264 g/mol. The summed E-state index contributed by atoms with van der Waals surface area (Å²) in [4.78, 5) is 8.62. The molecule has 0 aliphatic carbocycles. The van der Waals surface area contributed by atoms with Crippen LogP contribution >= 0.6 is 15.9 Å². The molecule has 2 nitrogen and oxygen atoms in total. The number of halogens is 1. The van der Waals surface area contributed by atoms with Gasteiger partial charge in [-0.2, -0.15) is 0 Å². The van der Waals surface area contributed by atoms with Crippen LogP contribution in [0.3, 0.4) is 0 Å². The third-order valence-electron chi connectivity index (χ3n) is 2.28. The van der Waals surface area contributed by atoms with Crippen LogP contribution in [0, 0.1) is 5.92 Å². The molecular weight excluding hydrogens is 252 g/mol. The maximum atomic E-state index is 4.35. The van der Waals surface area contributed by atoms with Crippen molar-refractivity contribution in [2.45, 2.75) is 20.3 Å². The molecule has 3 heteroatoms. The van der Waals surface area contributed by atoms with Crippen LogP contribution in [0.2, 0.25) is 0 Å². The minimum absolute atomic E-state index is 0.617. The number of benzene rings is 1. The van der Waals surface area contributed by atoms with Crippen LogP contribution in [0.5, 0.6) is 0 Å². The number of fused-ring (bicyclic) bond motifs is 1. The lowest BCUT2D eigenvalue weighted by atomic mass is 10.0. The highest BCUT2D eigenvalue weighted by atomic mass is 79.9. The standard InChI is InChI=1S/C12H13BrN2/c1-8(2)5-11-10-4-3-9(13)6-12(10)15-7-14-11/h3-4,6-8H,5H2,1-2H3. The van der Waals surface area contributed by atoms with Gasteiger partial charge in [-0.25, -0.2) is 9.97 Å². The van der Waals surface area contributed by atoms with Gasteiger partial charge in [0.2, 0.25) is 0 Å². The average molecular weight is 265 g/mol. The Kier molecular flexibility index (Phi) is 3.00. The third-order valence-corrected chi connectivity index (χ3v) is 2.78. The fourth-order valence-corrected chi connectivity index (χ4v) is 1.98. The molecule has 15 heavy (non-hydrogen) atoms. The molecule has 1 heterocycles. The van der Waals surface area contributed by atoms with Crippen LogP contribution in [-0.2, 0) is 6.42 Å². The topological polar surface area (TPSA) is 25.8 Å². The molecule has 0 N–H and O–H groups in total. The van der Waals surface area contributed by atoms with E-state index < -0.39 is 0 Å². The minimum atomic E-state index is 0.617. The van der Waals surface area contributed by atoms with Crippen molar-refractivity contribution < 1.29 is 0 Å². The summed E-state index contributed by atoms with van der Waals surface area (Å²) in [6.07, 6.45) is 2.65. The number of rotatable bonds is 2. The van der Waals surface area contributed by atoms with Crippen LogP contribution in [-0.4, -0.2) is 9.97 Å². The SMILES string of the molecule is CC(C)Cc1ncnc2cc(Br)ccc12. The van der Waals surface area contributed by atoms with Crippen LogP contribution in [0.25, 0.3) is 10.9 Å². The number of nitrogens with zero attached hydrogens (tertiary/aromatic N) is 2. The number of hydrogen-bond donors (Lipinski definition) is 0. The molecule has 0 atom stereocenters. The average Bonchev–Trinajstić information content (AvgIpc) is 2.16. The van der Waals surface area contributed by atoms with Gasteiger partial charge in [0, 0.05) is 9.86 Å². The van der Waals surface area contributed by atoms with E-state index in [1.807, 2.05) is 12.1 Å². The smallest absolute Gasteiger partial charge is 0.116 e. The Balaban J connectivity index is 2.56. The Morgan fingerprint density at radius 1 is 1.27 bits per heavy atom. The van der Waals surface area contributed by atoms with Gasteiger partial charge < -0.3 is 0 Å². The Labute approximate surface area is 97.9 Å². The highest BCUT2D eigenvalue weighted by Gasteiger charge is 2.05. The first-order valence-electron chi connectivity index (χ1n) is 5.06. The second-order valence-corrected chi connectivity index (χ2v) is 5.00. The molecule has 2 aromatic rings. The summed E-state index contributed by atoms with van der Waals surface area (Å²) in [5, 5.41) is 1.16. The molecule has 2 rings (SSSR count). The first-order chi connectivity index (χ1) is 7.16. The van der Waals surface area contributed by atoms with Crippen LogP contribution in [0.1, 0.15) is 19.5 Å². The lowest BCUT2D eigenvalue weighted by molar-refractivity contribution is 0.638. The molecule has 1 aromatic heterocycles. The molecule has 0 saturated heterocycles. The predicted molar refractivity (Wildman–Crippen MR) is 65.8 cm³/mol. The zero-order valence-electron chi connectivity index (χ0n) is 8.87. The lowest BCUT2D eigenvalue weighted by Crippen LogP contribution is -1.99. The zero-order chi connectivity index (χ0) is 10.8. The second kappa shape index (κ2) is 4.27. The molecule has 1 aromatic carbocycles. The van der Waals surface area contributed by atoms with E-state index in [1.165, 1.54) is 0 Å². The van der Waals surface area contributed by atoms with Gasteiger partial charge in [0.1, 0.15) is 6.33 Å². The normalized spacial score (nSPS) is 11.2. The van der Waals surface area contributed by atoms with Gasteiger partial charge in [-0.1, -0.05) is 29.8 Å². The number of hydrogen-bond acceptors (Lipinski definition) is 2. The van der Waals surface area contributed by atoms with Gasteiger partial charge >= 0.3 is 0 Å². The minimum Gasteiger partial charge on any atom is -0.241 e. The van der Waals surface area contributed by atoms with Crippen molar-refractivity contribution >= 4 is 26.8 Å². The Bertz CT molecular complexity index is 480. The van der Waals surface area contributed by atoms with Gasteiger partial charge in [-0.15, -0.1) is 0 Å². The van der Waals surface area contributed by atoms with Crippen molar-refractivity contribution in [1.29, 1.82) is 0 Å². The van der Waals surface area contributed by atoms with E-state index >= 15 is 0 Å². The van der Waals surface area contributed by atoms with Crippen molar-refractivity contribution in [3.05, 3.63) is 34.7 Å². The Morgan fingerprint density at radius 2 is 2.07 bits per heavy atom. The molecule has 0 fully saturated rings. The molecule has 0 radical (unpaired) electrons. The summed E-state index contributed by atoms with van der Waals surface area (Å²) in [5.41, 5.74) is 2.15. The molecule has 0 amide bonds. The highest BCUT2D eigenvalue weighted by Crippen LogP contribution is 2.21. The van der Waals surface area contributed by atoms with Crippen LogP contribution in [0.4, 0.5) is 0 Å². The lowest BCUT2D eigenvalue weighted by Gasteiger charge is -2.07. The molecule has 0 aliphatic heterocycles. The van der Waals surface area contributed by atoms with E-state index in [9.17, 15) is 0 Å². The largest absolute Gasteiger partial charge is 0.241 e. The molecule has 0 bridgehead atoms. The molecule has 78 valence electrons. The quantitative estimate of drug-likeness (QED) is 0.829. The van der Waals surface area contributed by atoms with E-state index in [-0.39, 0.29) is 0 Å². The summed E-state index contributed by atoms with van der Waals surface area (Å²) in [6.45, 7) is 4.40. The van der Waals surface area contributed by atoms with Gasteiger partial charge in [0.25, 0.3) is 0 Å². The van der Waals surface area contributed by atoms with Gasteiger partial charge in [-0.05, 0) is 30.5 Å². The van der Waals surface area contributed by atoms with E-state index in [1.54, 1.807) is 6.33 Å². The van der Waals surface area contributed by atoms with Crippen molar-refractivity contribution in [3.63, 3.8) is 0 Å². The molecule has 0 spiro atoms. The zero-order valence-corrected chi connectivity index (χ0v) is 10.5. The molecule has 0 unspecified atom stereocenters. The predicted octanol–water partition coefficient (Wildman–Crippen LogP) is 3.59. The summed E-state index contributed by atoms with van der Waals surface area (Å²) < 4.78 is 1.06. The van der Waals surface area contributed by atoms with E-state index in [0.717, 1.165) is 27.5 Å². The first kappa shape index (κ1) is 10.6. The summed E-state index contributed by atoms with van der Waals surface area (Å²) in [5.74, 6) is 0.617. The highest BCUT2D eigenvalue weighted by molar-refractivity contribution is 9.10. The van der Waals surface area contributed by atoms with E-state index in [2.05, 4.69) is 45.8 Å². The fourth-order valence-electron chi connectivity index (χ4n) is 1.64. The van der Waals surface area contributed by atoms with Crippen molar-refractivity contribution in [2.24, 2.45) is 5.92 Å². The summed E-state index contributed by atoms with van der Waals surface area (Å²) >= 11 is 3.45. The van der Waals surface area contributed by atoms with Gasteiger partial charge in [0.15, 0.2) is 0 Å². The summed E-state index contributed by atoms with van der Waals surface area (Å²) in [7, 11) is 0. The molecular formula is C12H13BrN2. The Morgan fingerprint density at radius 3 is 2.80 bits per heavy atom. The summed E-state index contributed by atoms with van der Waals surface area (Å²) in [6, 6.07) is 6.15. The second-order valence-electron chi connectivity index (χ2n) is 4.08. The van der Waals surface area contributed by atoms with Crippen LogP contribution in [0.15, 0.2) is 29.0 Å². The van der Waals surface area contributed by atoms with Crippen LogP contribution < -0.4 is 0 Å². The van der Waals surface area contributed by atoms with Crippen molar-refractivity contribution in [3.8, 4) is 0 Å². The van der Waals surface area contributed by atoms with Gasteiger partial charge in [-0.3, -0.25) is 0 Å². The van der Waals surface area contributed by atoms with Gasteiger partial charge in [0.05, 0.1) is 11.2 Å². The molecule has 0 saturated carbocycles. The Hall–Kier alpha value is -0.960. The van der Waals surface area contributed by atoms with E-state index in [4.69, 9.17) is 0 Å². The number of aromatic nitrogens is 2. The van der Waals surface area contributed by atoms with Crippen molar-refractivity contribution in [1.82, 2.24) is 9.97 Å². The maximum absolute atomic E-state index is 4.35. The van der Waals surface area contributed by atoms with Crippen molar-refractivity contribution in [2.75, 3.05) is 0 Å². The maximum Gasteiger partial charge on any atom is 0.116 e. The first-order valence-corrected chi connectivity index (χ1v) is 5.85. The molecule has 0 aliphatic rings. The fraction of sp³-hybridized carbons (Fsp3) is 0.333.